The smallest absolute Gasteiger partial charge is 0.417 e. The summed E-state index contributed by atoms with van der Waals surface area (Å²) in [6.07, 6.45) is -4.88. The number of ether oxygens (including phenoxy) is 2. The first kappa shape index (κ1) is 17.4. The minimum absolute atomic E-state index is 0.0200. The summed E-state index contributed by atoms with van der Waals surface area (Å²) in [5.41, 5.74) is -1.82. The molecule has 0 aliphatic rings. The lowest BCUT2D eigenvalue weighted by atomic mass is 10.0. The summed E-state index contributed by atoms with van der Waals surface area (Å²) in [6, 6.07) is 0.717. The van der Waals surface area contributed by atoms with Gasteiger partial charge in [-0.15, -0.1) is 0 Å². The summed E-state index contributed by atoms with van der Waals surface area (Å²) in [7, 11) is 0.994. The van der Waals surface area contributed by atoms with E-state index in [1.165, 1.54) is 0 Å². The molecule has 0 aliphatic heterocycles. The molecule has 0 aliphatic carbocycles. The van der Waals surface area contributed by atoms with Crippen LogP contribution < -0.4 is 0 Å². The minimum Gasteiger partial charge on any atom is -0.465 e. The van der Waals surface area contributed by atoms with E-state index >= 15 is 0 Å². The molecule has 5 nitrogen and oxygen atoms in total. The van der Waals surface area contributed by atoms with Crippen LogP contribution in [0.3, 0.4) is 0 Å². The van der Waals surface area contributed by atoms with Crippen LogP contribution in [0.1, 0.15) is 35.0 Å². The summed E-state index contributed by atoms with van der Waals surface area (Å²) in [6.45, 7) is 1.94. The highest BCUT2D eigenvalue weighted by Crippen LogP contribution is 2.33. The lowest BCUT2D eigenvalue weighted by Gasteiger charge is -2.15. The van der Waals surface area contributed by atoms with E-state index < -0.39 is 29.6 Å². The third-order valence-electron chi connectivity index (χ3n) is 2.71. The van der Waals surface area contributed by atoms with Crippen LogP contribution in [0.15, 0.2) is 12.3 Å². The van der Waals surface area contributed by atoms with Crippen molar-refractivity contribution in [2.45, 2.75) is 32.2 Å². The zero-order chi connectivity index (χ0) is 16.0. The number of nitrogens with zero attached hydrogens (tertiary/aromatic N) is 1. The highest BCUT2D eigenvalue weighted by Gasteiger charge is 2.37. The van der Waals surface area contributed by atoms with Crippen molar-refractivity contribution in [3.8, 4) is 0 Å². The number of hydrogen-bond acceptors (Lipinski definition) is 5. The third-order valence-corrected chi connectivity index (χ3v) is 2.71. The Labute approximate surface area is 119 Å². The maximum atomic E-state index is 12.9. The first-order valence-corrected chi connectivity index (χ1v) is 6.24. The van der Waals surface area contributed by atoms with Crippen molar-refractivity contribution in [2.75, 3.05) is 13.7 Å². The van der Waals surface area contributed by atoms with E-state index in [4.69, 9.17) is 4.74 Å². The molecule has 0 bridgehead atoms. The molecule has 1 aromatic heterocycles. The van der Waals surface area contributed by atoms with Crippen LogP contribution in [0.4, 0.5) is 13.2 Å². The third kappa shape index (κ3) is 4.68. The maximum absolute atomic E-state index is 12.9. The van der Waals surface area contributed by atoms with Crippen molar-refractivity contribution >= 4 is 5.97 Å². The molecular formula is C13H16F3NO4. The number of esters is 1. The number of aryl methyl sites for hydroxylation is 1. The lowest BCUT2D eigenvalue weighted by molar-refractivity contribution is -0.138. The lowest BCUT2D eigenvalue weighted by Crippen LogP contribution is -2.19. The Hall–Kier alpha value is -1.67. The van der Waals surface area contributed by atoms with Crippen LogP contribution in [0.2, 0.25) is 0 Å². The Bertz CT molecular complexity index is 491. The van der Waals surface area contributed by atoms with Crippen molar-refractivity contribution < 1.29 is 32.5 Å². The topological polar surface area (TPSA) is 68.7 Å². The van der Waals surface area contributed by atoms with Gasteiger partial charge in [0.05, 0.1) is 23.9 Å². The maximum Gasteiger partial charge on any atom is 0.417 e. The van der Waals surface area contributed by atoms with E-state index in [9.17, 15) is 23.1 Å². The Morgan fingerprint density at radius 2 is 2.14 bits per heavy atom. The Balaban J connectivity index is 3.11. The molecular weight excluding hydrogens is 291 g/mol. The first-order chi connectivity index (χ1) is 9.81. The van der Waals surface area contributed by atoms with Gasteiger partial charge in [-0.05, 0) is 19.4 Å². The molecule has 0 radical (unpaired) electrons. The van der Waals surface area contributed by atoms with Gasteiger partial charge in [0.2, 0.25) is 0 Å². The van der Waals surface area contributed by atoms with Gasteiger partial charge in [-0.2, -0.15) is 13.2 Å². The summed E-state index contributed by atoms with van der Waals surface area (Å²) in [5.74, 6) is -1.11. The Morgan fingerprint density at radius 1 is 1.48 bits per heavy atom. The van der Waals surface area contributed by atoms with Gasteiger partial charge in [-0.25, -0.2) is 4.79 Å². The monoisotopic (exact) mass is 307 g/mol. The van der Waals surface area contributed by atoms with Crippen molar-refractivity contribution in [3.63, 3.8) is 0 Å². The SMILES string of the molecule is CCOC(O)CCc1nccc(C(F)(F)F)c1C(=O)OC. The Morgan fingerprint density at radius 3 is 2.67 bits per heavy atom. The fourth-order valence-electron chi connectivity index (χ4n) is 1.80. The quantitative estimate of drug-likeness (QED) is 0.644. The highest BCUT2D eigenvalue weighted by molar-refractivity contribution is 5.92. The first-order valence-electron chi connectivity index (χ1n) is 6.24. The number of methoxy groups -OCH3 is 1. The van der Waals surface area contributed by atoms with Gasteiger partial charge in [-0.1, -0.05) is 0 Å². The molecule has 0 aromatic carbocycles. The second kappa shape index (κ2) is 7.37. The van der Waals surface area contributed by atoms with Gasteiger partial charge in [0.25, 0.3) is 0 Å². The number of carbonyl (C=O) groups is 1. The van der Waals surface area contributed by atoms with E-state index in [2.05, 4.69) is 9.72 Å². The van der Waals surface area contributed by atoms with Crippen LogP contribution in [0.25, 0.3) is 0 Å². The molecule has 21 heavy (non-hydrogen) atoms. The number of halogens is 3. The molecule has 1 N–H and O–H groups in total. The number of carbonyl (C=O) groups excluding carboxylic acids is 1. The average Bonchev–Trinajstić information content (AvgIpc) is 2.43. The second-order valence-electron chi connectivity index (χ2n) is 4.12. The summed E-state index contributed by atoms with van der Waals surface area (Å²) < 4.78 is 48.1. The average molecular weight is 307 g/mol. The van der Waals surface area contributed by atoms with Crippen molar-refractivity contribution in [2.24, 2.45) is 0 Å². The van der Waals surface area contributed by atoms with Gasteiger partial charge in [0.1, 0.15) is 0 Å². The molecule has 1 heterocycles. The number of rotatable bonds is 6. The normalized spacial score (nSPS) is 13.0. The predicted molar refractivity (Wildman–Crippen MR) is 66.5 cm³/mol. The van der Waals surface area contributed by atoms with Crippen LogP contribution in [-0.4, -0.2) is 36.1 Å². The molecule has 0 amide bonds. The van der Waals surface area contributed by atoms with Crippen molar-refractivity contribution in [1.82, 2.24) is 4.98 Å². The number of alkyl halides is 3. The second-order valence-corrected chi connectivity index (χ2v) is 4.12. The van der Waals surface area contributed by atoms with Crippen molar-refractivity contribution in [3.05, 3.63) is 29.1 Å². The van der Waals surface area contributed by atoms with Crippen LogP contribution in [-0.2, 0) is 22.1 Å². The van der Waals surface area contributed by atoms with E-state index in [0.29, 0.717) is 6.07 Å². The number of aliphatic hydroxyl groups excluding tert-OH is 1. The number of hydrogen-bond donors (Lipinski definition) is 1. The fraction of sp³-hybridized carbons (Fsp3) is 0.538. The Kier molecular flexibility index (Phi) is 6.10. The van der Waals surface area contributed by atoms with Crippen LogP contribution in [0, 0.1) is 0 Å². The standard InChI is InChI=1S/C13H16F3NO4/c1-3-21-10(18)5-4-9-11(12(19)20-2)8(6-7-17-9)13(14,15)16/h6-7,10,18H,3-5H2,1-2H3. The molecule has 0 spiro atoms. The minimum atomic E-state index is -4.69. The number of aliphatic hydroxyl groups is 1. The van der Waals surface area contributed by atoms with E-state index in [-0.39, 0.29) is 25.1 Å². The molecule has 1 rings (SSSR count). The van der Waals surface area contributed by atoms with Crippen molar-refractivity contribution in [1.29, 1.82) is 0 Å². The molecule has 8 heteroatoms. The van der Waals surface area contributed by atoms with E-state index in [0.717, 1.165) is 13.3 Å². The van der Waals surface area contributed by atoms with Gasteiger partial charge in [-0.3, -0.25) is 4.98 Å². The number of pyridine rings is 1. The number of aromatic nitrogens is 1. The van der Waals surface area contributed by atoms with Crippen LogP contribution in [0.5, 0.6) is 0 Å². The molecule has 0 fully saturated rings. The van der Waals surface area contributed by atoms with Gasteiger partial charge in [0, 0.05) is 19.2 Å². The molecule has 0 saturated heterocycles. The van der Waals surface area contributed by atoms with Crippen LogP contribution >= 0.6 is 0 Å². The highest BCUT2D eigenvalue weighted by atomic mass is 19.4. The van der Waals surface area contributed by atoms with E-state index in [1.807, 2.05) is 0 Å². The summed E-state index contributed by atoms with van der Waals surface area (Å²) in [4.78, 5) is 15.4. The van der Waals surface area contributed by atoms with Gasteiger partial charge in [0.15, 0.2) is 6.29 Å². The van der Waals surface area contributed by atoms with Gasteiger partial charge >= 0.3 is 12.1 Å². The summed E-state index contributed by atoms with van der Waals surface area (Å²) in [5, 5.41) is 9.44. The zero-order valence-electron chi connectivity index (χ0n) is 11.6. The molecule has 1 aromatic rings. The fourth-order valence-corrected chi connectivity index (χ4v) is 1.80. The van der Waals surface area contributed by atoms with E-state index in [1.54, 1.807) is 6.92 Å². The molecule has 0 saturated carbocycles. The molecule has 1 unspecified atom stereocenters. The van der Waals surface area contributed by atoms with Gasteiger partial charge < -0.3 is 14.6 Å². The largest absolute Gasteiger partial charge is 0.465 e. The predicted octanol–water partition coefficient (Wildman–Crippen LogP) is 2.17. The molecule has 1 atom stereocenters. The molecule has 118 valence electrons. The summed E-state index contributed by atoms with van der Waals surface area (Å²) >= 11 is 0. The zero-order valence-corrected chi connectivity index (χ0v) is 11.6.